The Hall–Kier alpha value is -1.09. The van der Waals surface area contributed by atoms with Crippen molar-refractivity contribution in [2.75, 3.05) is 7.11 Å². The van der Waals surface area contributed by atoms with Gasteiger partial charge < -0.3 is 9.84 Å². The molecule has 1 unspecified atom stereocenters. The smallest absolute Gasteiger partial charge is 0.170 e. The number of halogens is 1. The molecule has 0 aliphatic heterocycles. The van der Waals surface area contributed by atoms with Crippen molar-refractivity contribution in [2.45, 2.75) is 45.1 Å². The fourth-order valence-electron chi connectivity index (χ4n) is 2.90. The number of hydrogen-bond donors (Lipinski definition) is 1. The van der Waals surface area contributed by atoms with E-state index >= 15 is 0 Å². The molecule has 2 rings (SSSR count). The highest BCUT2D eigenvalue weighted by Gasteiger charge is 2.36. The molecular formula is C15H21FO2. The summed E-state index contributed by atoms with van der Waals surface area (Å²) in [4.78, 5) is 0. The standard InChI is InChI=1S/C15H21FO2/c1-15(9-4-3-5-10-15)14(17)11-7-6-8-12(18-2)13(11)16/h6-8,14,17H,3-5,9-10H2,1-2H3. The minimum absolute atomic E-state index is 0.200. The first-order valence-electron chi connectivity index (χ1n) is 6.59. The molecule has 1 fully saturated rings. The number of aliphatic hydroxyl groups excluding tert-OH is 1. The zero-order valence-electron chi connectivity index (χ0n) is 11.1. The summed E-state index contributed by atoms with van der Waals surface area (Å²) in [5, 5.41) is 10.5. The molecule has 1 aliphatic rings. The third-order valence-electron chi connectivity index (χ3n) is 4.16. The Morgan fingerprint density at radius 2 is 1.94 bits per heavy atom. The molecule has 3 heteroatoms. The molecule has 100 valence electrons. The highest BCUT2D eigenvalue weighted by atomic mass is 19.1. The zero-order valence-corrected chi connectivity index (χ0v) is 11.1. The molecule has 0 heterocycles. The molecular weight excluding hydrogens is 231 g/mol. The van der Waals surface area contributed by atoms with Crippen molar-refractivity contribution in [2.24, 2.45) is 5.41 Å². The number of methoxy groups -OCH3 is 1. The molecule has 1 N–H and O–H groups in total. The summed E-state index contributed by atoms with van der Waals surface area (Å²) in [5.74, 6) is -0.231. The van der Waals surface area contributed by atoms with Crippen LogP contribution < -0.4 is 4.74 Å². The van der Waals surface area contributed by atoms with Gasteiger partial charge in [0.05, 0.1) is 13.2 Å². The Labute approximate surface area is 108 Å². The van der Waals surface area contributed by atoms with E-state index in [9.17, 15) is 9.50 Å². The molecule has 1 aromatic carbocycles. The van der Waals surface area contributed by atoms with Gasteiger partial charge in [-0.05, 0) is 24.3 Å². The van der Waals surface area contributed by atoms with Gasteiger partial charge in [-0.1, -0.05) is 38.3 Å². The van der Waals surface area contributed by atoms with E-state index in [-0.39, 0.29) is 11.2 Å². The molecule has 1 aromatic rings. The van der Waals surface area contributed by atoms with Crippen LogP contribution in [0.15, 0.2) is 18.2 Å². The summed E-state index contributed by atoms with van der Waals surface area (Å²) in [6.07, 6.45) is 4.57. The van der Waals surface area contributed by atoms with Crippen LogP contribution in [0.4, 0.5) is 4.39 Å². The van der Waals surface area contributed by atoms with Gasteiger partial charge in [0, 0.05) is 5.56 Å². The van der Waals surface area contributed by atoms with Gasteiger partial charge in [0.2, 0.25) is 0 Å². The Kier molecular flexibility index (Phi) is 3.91. The van der Waals surface area contributed by atoms with Gasteiger partial charge in [0.15, 0.2) is 11.6 Å². The molecule has 1 saturated carbocycles. The van der Waals surface area contributed by atoms with Crippen molar-refractivity contribution in [1.29, 1.82) is 0 Å². The summed E-state index contributed by atoms with van der Waals surface area (Å²) >= 11 is 0. The maximum atomic E-state index is 14.2. The molecule has 2 nitrogen and oxygen atoms in total. The van der Waals surface area contributed by atoms with Gasteiger partial charge in [-0.25, -0.2) is 4.39 Å². The predicted molar refractivity (Wildman–Crippen MR) is 69.1 cm³/mol. The van der Waals surface area contributed by atoms with E-state index in [0.717, 1.165) is 25.7 Å². The summed E-state index contributed by atoms with van der Waals surface area (Å²) in [6.45, 7) is 2.05. The number of hydrogen-bond acceptors (Lipinski definition) is 2. The third-order valence-corrected chi connectivity index (χ3v) is 4.16. The fraction of sp³-hybridized carbons (Fsp3) is 0.600. The second-order valence-corrected chi connectivity index (χ2v) is 5.48. The Bertz CT molecular complexity index is 411. The minimum Gasteiger partial charge on any atom is -0.494 e. The van der Waals surface area contributed by atoms with Crippen molar-refractivity contribution in [3.63, 3.8) is 0 Å². The average molecular weight is 252 g/mol. The second-order valence-electron chi connectivity index (χ2n) is 5.48. The predicted octanol–water partition coefficient (Wildman–Crippen LogP) is 3.84. The average Bonchev–Trinajstić information content (AvgIpc) is 2.39. The second kappa shape index (κ2) is 5.27. The van der Waals surface area contributed by atoms with Crippen molar-refractivity contribution in [3.8, 4) is 5.75 Å². The fourth-order valence-corrected chi connectivity index (χ4v) is 2.90. The van der Waals surface area contributed by atoms with Crippen molar-refractivity contribution in [3.05, 3.63) is 29.6 Å². The first-order chi connectivity index (χ1) is 8.58. The number of ether oxygens (including phenoxy) is 1. The monoisotopic (exact) mass is 252 g/mol. The van der Waals surface area contributed by atoms with Crippen molar-refractivity contribution < 1.29 is 14.2 Å². The highest BCUT2D eigenvalue weighted by Crippen LogP contribution is 2.46. The van der Waals surface area contributed by atoms with E-state index in [1.807, 2.05) is 0 Å². The first-order valence-corrected chi connectivity index (χ1v) is 6.59. The lowest BCUT2D eigenvalue weighted by atomic mass is 9.70. The van der Waals surface area contributed by atoms with Crippen LogP contribution in [0.1, 0.15) is 50.7 Å². The number of benzene rings is 1. The van der Waals surface area contributed by atoms with Crippen LogP contribution in [0, 0.1) is 11.2 Å². The molecule has 0 aromatic heterocycles. The zero-order chi connectivity index (χ0) is 13.2. The first kappa shape index (κ1) is 13.3. The summed E-state index contributed by atoms with van der Waals surface area (Å²) in [7, 11) is 1.44. The van der Waals surface area contributed by atoms with Crippen LogP contribution in [-0.4, -0.2) is 12.2 Å². The Balaban J connectivity index is 2.30. The maximum absolute atomic E-state index is 14.2. The van der Waals surface area contributed by atoms with Crippen molar-refractivity contribution in [1.82, 2.24) is 0 Å². The van der Waals surface area contributed by atoms with Gasteiger partial charge >= 0.3 is 0 Å². The highest BCUT2D eigenvalue weighted by molar-refractivity contribution is 5.33. The molecule has 0 radical (unpaired) electrons. The van der Waals surface area contributed by atoms with Gasteiger partial charge in [0.1, 0.15) is 0 Å². The summed E-state index contributed by atoms with van der Waals surface area (Å²) < 4.78 is 19.1. The van der Waals surface area contributed by atoms with Gasteiger partial charge in [0.25, 0.3) is 0 Å². The van der Waals surface area contributed by atoms with E-state index in [2.05, 4.69) is 6.92 Å². The maximum Gasteiger partial charge on any atom is 0.170 e. The lowest BCUT2D eigenvalue weighted by Gasteiger charge is -2.38. The van der Waals surface area contributed by atoms with E-state index in [4.69, 9.17) is 4.74 Å². The molecule has 1 atom stereocenters. The topological polar surface area (TPSA) is 29.5 Å². The minimum atomic E-state index is -0.757. The lowest BCUT2D eigenvalue weighted by Crippen LogP contribution is -2.28. The number of rotatable bonds is 3. The van der Waals surface area contributed by atoms with Gasteiger partial charge in [-0.2, -0.15) is 0 Å². The lowest BCUT2D eigenvalue weighted by molar-refractivity contribution is 0.00560. The largest absolute Gasteiger partial charge is 0.494 e. The van der Waals surface area contributed by atoms with E-state index < -0.39 is 11.9 Å². The molecule has 0 bridgehead atoms. The molecule has 1 aliphatic carbocycles. The van der Waals surface area contributed by atoms with E-state index in [1.54, 1.807) is 18.2 Å². The van der Waals surface area contributed by atoms with Crippen LogP contribution >= 0.6 is 0 Å². The summed E-state index contributed by atoms with van der Waals surface area (Å²) in [6, 6.07) is 4.96. The van der Waals surface area contributed by atoms with Crippen LogP contribution in [0.25, 0.3) is 0 Å². The molecule has 0 spiro atoms. The van der Waals surface area contributed by atoms with Gasteiger partial charge in [-0.15, -0.1) is 0 Å². The van der Waals surface area contributed by atoms with Crippen LogP contribution in [0.5, 0.6) is 5.75 Å². The Morgan fingerprint density at radius 1 is 1.28 bits per heavy atom. The van der Waals surface area contributed by atoms with Gasteiger partial charge in [-0.3, -0.25) is 0 Å². The number of aliphatic hydroxyl groups is 1. The van der Waals surface area contributed by atoms with E-state index in [0.29, 0.717) is 5.56 Å². The molecule has 0 amide bonds. The normalized spacial score (nSPS) is 20.4. The molecule has 18 heavy (non-hydrogen) atoms. The van der Waals surface area contributed by atoms with Crippen LogP contribution in [-0.2, 0) is 0 Å². The van der Waals surface area contributed by atoms with Crippen molar-refractivity contribution >= 4 is 0 Å². The Morgan fingerprint density at radius 3 is 2.56 bits per heavy atom. The van der Waals surface area contributed by atoms with E-state index in [1.165, 1.54) is 13.5 Å². The third kappa shape index (κ3) is 2.37. The van der Waals surface area contributed by atoms with Crippen LogP contribution in [0.2, 0.25) is 0 Å². The molecule has 0 saturated heterocycles. The SMILES string of the molecule is COc1cccc(C(O)C2(C)CCCCC2)c1F. The quantitative estimate of drug-likeness (QED) is 0.885. The van der Waals surface area contributed by atoms with Crippen LogP contribution in [0.3, 0.4) is 0 Å². The summed E-state index contributed by atoms with van der Waals surface area (Å²) in [5.41, 5.74) is 0.143.